The van der Waals surface area contributed by atoms with Crippen LogP contribution in [0.2, 0.25) is 0 Å². The van der Waals surface area contributed by atoms with Gasteiger partial charge in [0.2, 0.25) is 0 Å². The number of fused-ring (bicyclic) bond motifs is 1. The summed E-state index contributed by atoms with van der Waals surface area (Å²) in [6, 6.07) is 32.3. The van der Waals surface area contributed by atoms with Crippen LogP contribution in [0.5, 0.6) is 0 Å². The number of aliphatic carboxylic acids is 1. The van der Waals surface area contributed by atoms with Crippen molar-refractivity contribution in [2.24, 2.45) is 0 Å². The minimum absolute atomic E-state index is 0. The maximum atomic E-state index is 7.53. The van der Waals surface area contributed by atoms with E-state index in [1.807, 2.05) is 42.5 Å². The summed E-state index contributed by atoms with van der Waals surface area (Å²) in [7, 11) is 0. The molecule has 0 bridgehead atoms. The maximum Gasteiger partial charge on any atom is 0.477 e. The Kier molecular flexibility index (Phi) is 7.42. The Hall–Kier alpha value is -2.81. The van der Waals surface area contributed by atoms with Gasteiger partial charge in [0.25, 0.3) is 0 Å². The van der Waals surface area contributed by atoms with Crippen molar-refractivity contribution < 1.29 is 30.0 Å². The number of carboxylic acids is 1. The number of hydrogen-bond acceptors (Lipinski definition) is 1. The molecule has 0 saturated carbocycles. The van der Waals surface area contributed by atoms with E-state index in [1.165, 1.54) is 18.1 Å². The Balaban J connectivity index is 0.000000479. The molecule has 2 N–H and O–H groups in total. The van der Waals surface area contributed by atoms with E-state index >= 15 is 0 Å². The number of rotatable bonds is 2. The number of carboxylic acid groups (broad SMARTS) is 1. The molecule has 3 aromatic carbocycles. The molecule has 0 spiro atoms. The number of benzene rings is 3. The molecule has 0 unspecified atom stereocenters. The average molecular weight is 534 g/mol. The van der Waals surface area contributed by atoms with Gasteiger partial charge in [-0.25, -0.2) is 0 Å². The maximum absolute atomic E-state index is 7.53. The molecule has 0 fully saturated rings. The molecule has 4 heteroatoms. The molecule has 0 aliphatic rings. The van der Waals surface area contributed by atoms with Crippen LogP contribution in [0, 0.1) is 6.07 Å². The van der Waals surface area contributed by atoms with Crippen molar-refractivity contribution in [1.29, 1.82) is 0 Å². The van der Waals surface area contributed by atoms with Crippen LogP contribution < -0.4 is 0 Å². The number of para-hydroxylation sites is 1. The molecule has 1 aromatic heterocycles. The van der Waals surface area contributed by atoms with Crippen molar-refractivity contribution in [2.75, 3.05) is 0 Å². The first-order valence-corrected chi connectivity index (χ1v) is 8.28. The van der Waals surface area contributed by atoms with E-state index < -0.39 is 5.97 Å². The standard InChI is InChI=1S/C21H14N.C2H4O2.Ir/c1-2-6-16(7-3-1)17-10-12-19(13-11-17)21-15-14-18-8-4-5-9-20(18)22-21;1-2(3)4;/h1-12,14-15H;1H3,(H,3,4);/q-1;;/p+1. The minimum Gasteiger partial charge on any atom is -0.339 e. The first kappa shape index (κ1) is 20.5. The second-order valence-corrected chi connectivity index (χ2v) is 5.79. The van der Waals surface area contributed by atoms with Crippen LogP contribution in [0.1, 0.15) is 6.92 Å². The van der Waals surface area contributed by atoms with Gasteiger partial charge in [-0.05, 0) is 17.1 Å². The predicted octanol–water partition coefficient (Wildman–Crippen LogP) is 5.43. The molecule has 137 valence electrons. The van der Waals surface area contributed by atoms with Gasteiger partial charge in [-0.3, -0.25) is 4.98 Å². The predicted molar refractivity (Wildman–Crippen MR) is 107 cm³/mol. The van der Waals surface area contributed by atoms with Crippen molar-refractivity contribution in [3.8, 4) is 22.4 Å². The summed E-state index contributed by atoms with van der Waals surface area (Å²) in [5, 5.41) is 8.69. The second kappa shape index (κ2) is 9.77. The number of aromatic nitrogens is 1. The third-order valence-electron chi connectivity index (χ3n) is 3.79. The normalized spacial score (nSPS) is 9.67. The SMILES string of the molecule is CC(O)=[OH+].[Ir].[c-]1cc(-c2ccccc2)ccc1-c1ccc2ccccc2n1. The average Bonchev–Trinajstić information content (AvgIpc) is 2.68. The van der Waals surface area contributed by atoms with Crippen molar-refractivity contribution in [1.82, 2.24) is 4.98 Å². The molecule has 3 nitrogen and oxygen atoms in total. The van der Waals surface area contributed by atoms with Gasteiger partial charge in [0.05, 0.1) is 12.4 Å². The number of aliphatic hydroxyl groups excluding tert-OH is 1. The van der Waals surface area contributed by atoms with Crippen LogP contribution in [0.15, 0.2) is 84.9 Å². The largest absolute Gasteiger partial charge is 0.477 e. The smallest absolute Gasteiger partial charge is 0.339 e. The van der Waals surface area contributed by atoms with E-state index in [4.69, 9.17) is 14.9 Å². The molecule has 0 aliphatic carbocycles. The zero-order chi connectivity index (χ0) is 18.4. The summed E-state index contributed by atoms with van der Waals surface area (Å²) in [5.41, 5.74) is 5.37. The second-order valence-electron chi connectivity index (χ2n) is 5.79. The van der Waals surface area contributed by atoms with E-state index in [1.54, 1.807) is 0 Å². The van der Waals surface area contributed by atoms with E-state index in [-0.39, 0.29) is 20.1 Å². The van der Waals surface area contributed by atoms with Gasteiger partial charge < -0.3 is 9.90 Å². The van der Waals surface area contributed by atoms with Gasteiger partial charge in [0.1, 0.15) is 0 Å². The molecule has 0 amide bonds. The first-order valence-electron chi connectivity index (χ1n) is 8.28. The van der Waals surface area contributed by atoms with Crippen molar-refractivity contribution in [2.45, 2.75) is 6.92 Å². The minimum atomic E-state index is -0.583. The van der Waals surface area contributed by atoms with Crippen LogP contribution in [0.25, 0.3) is 33.3 Å². The number of hydrogen-bond donors (Lipinski definition) is 1. The van der Waals surface area contributed by atoms with Gasteiger partial charge in [-0.15, -0.1) is 29.8 Å². The third kappa shape index (κ3) is 5.58. The van der Waals surface area contributed by atoms with E-state index in [0.717, 1.165) is 22.2 Å². The summed E-state index contributed by atoms with van der Waals surface area (Å²) in [6.07, 6.45) is 0. The summed E-state index contributed by atoms with van der Waals surface area (Å²) in [4.78, 5) is 12.2. The Morgan fingerprint density at radius 3 is 2.19 bits per heavy atom. The fourth-order valence-electron chi connectivity index (χ4n) is 2.61. The Labute approximate surface area is 172 Å². The van der Waals surface area contributed by atoms with Gasteiger partial charge in [0, 0.05) is 20.1 Å². The van der Waals surface area contributed by atoms with Crippen molar-refractivity contribution in [3.63, 3.8) is 0 Å². The van der Waals surface area contributed by atoms with Crippen LogP contribution in [0.4, 0.5) is 0 Å². The summed E-state index contributed by atoms with van der Waals surface area (Å²) in [6.45, 7) is 1.19. The molecule has 1 radical (unpaired) electrons. The fraction of sp³-hybridized carbons (Fsp3) is 0.0435. The molecule has 1 heterocycles. The van der Waals surface area contributed by atoms with E-state index in [0.29, 0.717) is 0 Å². The van der Waals surface area contributed by atoms with E-state index in [9.17, 15) is 0 Å². The van der Waals surface area contributed by atoms with Crippen LogP contribution >= 0.6 is 0 Å². The zero-order valence-corrected chi connectivity index (χ0v) is 17.2. The number of pyridine rings is 1. The van der Waals surface area contributed by atoms with Crippen LogP contribution in [0.3, 0.4) is 0 Å². The molecule has 4 aromatic rings. The molecule has 0 atom stereocenters. The summed E-state index contributed by atoms with van der Waals surface area (Å²) in [5.74, 6) is -0.583. The molecular weight excluding hydrogens is 514 g/mol. The van der Waals surface area contributed by atoms with Gasteiger partial charge in [-0.2, -0.15) is 0 Å². The van der Waals surface area contributed by atoms with Crippen LogP contribution in [-0.2, 0) is 20.1 Å². The summed E-state index contributed by atoms with van der Waals surface area (Å²) >= 11 is 0. The molecule has 0 aliphatic heterocycles. The third-order valence-corrected chi connectivity index (χ3v) is 3.79. The van der Waals surface area contributed by atoms with Gasteiger partial charge in [0.15, 0.2) is 0 Å². The van der Waals surface area contributed by atoms with E-state index in [2.05, 4.69) is 48.5 Å². The Morgan fingerprint density at radius 1 is 0.852 bits per heavy atom. The fourth-order valence-corrected chi connectivity index (χ4v) is 2.61. The quantitative estimate of drug-likeness (QED) is 0.276. The van der Waals surface area contributed by atoms with Crippen LogP contribution in [-0.4, -0.2) is 20.9 Å². The molecular formula is C23H19IrNO2. The monoisotopic (exact) mass is 534 g/mol. The summed E-state index contributed by atoms with van der Waals surface area (Å²) < 4.78 is 0. The first-order chi connectivity index (χ1) is 12.6. The number of nitrogens with zero attached hydrogens (tertiary/aromatic N) is 1. The zero-order valence-electron chi connectivity index (χ0n) is 14.8. The Bertz CT molecular complexity index is 1010. The van der Waals surface area contributed by atoms with Crippen molar-refractivity contribution >= 4 is 16.9 Å². The van der Waals surface area contributed by atoms with Crippen molar-refractivity contribution in [3.05, 3.63) is 91.0 Å². The molecule has 27 heavy (non-hydrogen) atoms. The van der Waals surface area contributed by atoms with Gasteiger partial charge in [-0.1, -0.05) is 71.8 Å². The molecule has 0 saturated heterocycles. The topological polar surface area (TPSA) is 54.5 Å². The van der Waals surface area contributed by atoms with Gasteiger partial charge >= 0.3 is 5.97 Å². The Morgan fingerprint density at radius 2 is 1.52 bits per heavy atom. The molecule has 4 rings (SSSR count).